The van der Waals surface area contributed by atoms with Crippen LogP contribution in [0.2, 0.25) is 10.0 Å². The van der Waals surface area contributed by atoms with Gasteiger partial charge >= 0.3 is 6.03 Å². The Kier molecular flexibility index (Phi) is 10.1. The second-order valence-corrected chi connectivity index (χ2v) is 9.91. The van der Waals surface area contributed by atoms with Crippen molar-refractivity contribution >= 4 is 46.7 Å². The summed E-state index contributed by atoms with van der Waals surface area (Å²) in [6, 6.07) is 4.30. The molecule has 1 aliphatic rings. The number of nitrogens with one attached hydrogen (secondary N) is 3. The first-order valence-corrected chi connectivity index (χ1v) is 11.6. The molecule has 2 rings (SSSR count). The van der Waals surface area contributed by atoms with Crippen LogP contribution in [0.5, 0.6) is 0 Å². The molecule has 1 saturated carbocycles. The first-order valence-electron chi connectivity index (χ1n) is 10.8. The highest BCUT2D eigenvalue weighted by Crippen LogP contribution is 2.28. The molecule has 178 valence electrons. The lowest BCUT2D eigenvalue weighted by atomic mass is 9.88. The number of hydroxylamine groups is 1. The zero-order valence-electron chi connectivity index (χ0n) is 18.5. The molecular formula is C22H32Cl2N4O4. The summed E-state index contributed by atoms with van der Waals surface area (Å²) in [6.07, 6.45) is 5.69. The molecule has 32 heavy (non-hydrogen) atoms. The van der Waals surface area contributed by atoms with E-state index in [1.54, 1.807) is 17.6 Å². The number of hydrogen-bond acceptors (Lipinski definition) is 4. The van der Waals surface area contributed by atoms with E-state index >= 15 is 0 Å². The molecule has 0 saturated heterocycles. The van der Waals surface area contributed by atoms with Crippen LogP contribution in [0.3, 0.4) is 0 Å². The van der Waals surface area contributed by atoms with Gasteiger partial charge in [0.25, 0.3) is 5.91 Å². The van der Waals surface area contributed by atoms with E-state index in [1.165, 1.54) is 23.8 Å². The van der Waals surface area contributed by atoms with Gasteiger partial charge in [-0.1, -0.05) is 62.7 Å². The van der Waals surface area contributed by atoms with E-state index in [4.69, 9.17) is 28.4 Å². The normalized spacial score (nSPS) is 14.2. The van der Waals surface area contributed by atoms with Crippen molar-refractivity contribution in [3.8, 4) is 0 Å². The van der Waals surface area contributed by atoms with E-state index in [-0.39, 0.29) is 25.4 Å². The minimum atomic E-state index is -0.625. The van der Waals surface area contributed by atoms with Gasteiger partial charge in [0.1, 0.15) is 6.54 Å². The van der Waals surface area contributed by atoms with Gasteiger partial charge in [-0.05, 0) is 36.0 Å². The predicted octanol–water partition coefficient (Wildman–Crippen LogP) is 4.45. The minimum Gasteiger partial charge on any atom is -0.337 e. The van der Waals surface area contributed by atoms with Crippen LogP contribution >= 0.6 is 23.2 Å². The molecule has 0 aliphatic heterocycles. The fraction of sp³-hybridized carbons (Fsp3) is 0.591. The van der Waals surface area contributed by atoms with Gasteiger partial charge in [0.05, 0.1) is 10.7 Å². The van der Waals surface area contributed by atoms with E-state index in [0.29, 0.717) is 28.2 Å². The Hall–Kier alpha value is -2.03. The largest absolute Gasteiger partial charge is 0.337 e. The van der Waals surface area contributed by atoms with Gasteiger partial charge in [-0.3, -0.25) is 14.8 Å². The molecule has 0 atom stereocenters. The van der Waals surface area contributed by atoms with Crippen LogP contribution in [0.1, 0.15) is 52.4 Å². The fourth-order valence-electron chi connectivity index (χ4n) is 3.80. The van der Waals surface area contributed by atoms with E-state index in [1.807, 2.05) is 13.8 Å². The molecule has 4 amide bonds. The van der Waals surface area contributed by atoms with Crippen LogP contribution in [0.4, 0.5) is 10.5 Å². The third-order valence-electron chi connectivity index (χ3n) is 5.63. The zero-order valence-corrected chi connectivity index (χ0v) is 20.1. The lowest BCUT2D eigenvalue weighted by molar-refractivity contribution is -0.140. The van der Waals surface area contributed by atoms with Gasteiger partial charge < -0.3 is 15.5 Å². The second-order valence-electron chi connectivity index (χ2n) is 9.06. The number of nitrogens with zero attached hydrogens (tertiary/aromatic N) is 1. The number of anilines is 1. The molecule has 0 aromatic heterocycles. The summed E-state index contributed by atoms with van der Waals surface area (Å²) < 4.78 is 0. The average molecular weight is 487 g/mol. The molecule has 1 aromatic rings. The Morgan fingerprint density at radius 1 is 1.19 bits per heavy atom. The lowest BCUT2D eigenvalue weighted by Gasteiger charge is -2.29. The van der Waals surface area contributed by atoms with Crippen molar-refractivity contribution in [1.29, 1.82) is 0 Å². The molecule has 8 nitrogen and oxygen atoms in total. The minimum absolute atomic E-state index is 0.137. The predicted molar refractivity (Wildman–Crippen MR) is 125 cm³/mol. The number of halogens is 2. The van der Waals surface area contributed by atoms with Crippen LogP contribution < -0.4 is 16.1 Å². The summed E-state index contributed by atoms with van der Waals surface area (Å²) in [5, 5.41) is 15.1. The van der Waals surface area contributed by atoms with Crippen molar-refractivity contribution in [3.63, 3.8) is 0 Å². The first-order chi connectivity index (χ1) is 15.1. The summed E-state index contributed by atoms with van der Waals surface area (Å²) in [6.45, 7) is 4.24. The Bertz CT molecular complexity index is 813. The van der Waals surface area contributed by atoms with Crippen molar-refractivity contribution in [2.75, 3.05) is 25.0 Å². The maximum atomic E-state index is 12.9. The number of amides is 4. The molecule has 1 fully saturated rings. The number of carbonyl (C=O) groups excluding carboxylic acids is 3. The number of benzene rings is 1. The van der Waals surface area contributed by atoms with E-state index in [9.17, 15) is 14.4 Å². The third kappa shape index (κ3) is 8.84. The van der Waals surface area contributed by atoms with Gasteiger partial charge in [0.2, 0.25) is 5.91 Å². The zero-order chi connectivity index (χ0) is 23.7. The fourth-order valence-corrected chi connectivity index (χ4v) is 4.25. The highest BCUT2D eigenvalue weighted by Gasteiger charge is 2.28. The van der Waals surface area contributed by atoms with Crippen LogP contribution in [-0.4, -0.2) is 47.6 Å². The molecule has 0 bridgehead atoms. The Labute approximate surface area is 199 Å². The maximum absolute atomic E-state index is 12.9. The van der Waals surface area contributed by atoms with Crippen molar-refractivity contribution < 1.29 is 19.6 Å². The smallest absolute Gasteiger partial charge is 0.319 e. The summed E-state index contributed by atoms with van der Waals surface area (Å²) in [5.41, 5.74) is 1.47. The van der Waals surface area contributed by atoms with E-state index < -0.39 is 17.4 Å². The summed E-state index contributed by atoms with van der Waals surface area (Å²) in [7, 11) is 0. The monoisotopic (exact) mass is 486 g/mol. The molecule has 0 heterocycles. The summed E-state index contributed by atoms with van der Waals surface area (Å²) in [4.78, 5) is 38.4. The standard InChI is InChI=1S/C22H32Cl2N4O4/c1-22(2,14-25-21(31)26-18-8-7-16(23)11-17(18)24)12-20(30)28(13-19(29)27-32)10-9-15-5-3-4-6-15/h7-8,11,15,32H,3-6,9-10,12-14H2,1-2H3,(H,27,29)(H2,25,26,31). The van der Waals surface area contributed by atoms with Crippen LogP contribution in [-0.2, 0) is 9.59 Å². The molecular weight excluding hydrogens is 455 g/mol. The van der Waals surface area contributed by atoms with Gasteiger partial charge in [-0.2, -0.15) is 0 Å². The average Bonchev–Trinajstić information content (AvgIpc) is 3.24. The third-order valence-corrected chi connectivity index (χ3v) is 6.18. The SMILES string of the molecule is CC(C)(CNC(=O)Nc1ccc(Cl)cc1Cl)CC(=O)N(CCC1CCCC1)CC(=O)NO. The highest BCUT2D eigenvalue weighted by atomic mass is 35.5. The summed E-state index contributed by atoms with van der Waals surface area (Å²) in [5.74, 6) is -0.250. The summed E-state index contributed by atoms with van der Waals surface area (Å²) >= 11 is 11.9. The maximum Gasteiger partial charge on any atom is 0.319 e. The molecule has 1 aromatic carbocycles. The van der Waals surface area contributed by atoms with Crippen molar-refractivity contribution in [2.24, 2.45) is 11.3 Å². The molecule has 10 heteroatoms. The Morgan fingerprint density at radius 3 is 2.50 bits per heavy atom. The first kappa shape index (κ1) is 26.2. The Balaban J connectivity index is 1.88. The molecule has 0 unspecified atom stereocenters. The molecule has 0 spiro atoms. The van der Waals surface area contributed by atoms with Crippen LogP contribution in [0.25, 0.3) is 0 Å². The van der Waals surface area contributed by atoms with Crippen LogP contribution in [0.15, 0.2) is 18.2 Å². The number of urea groups is 1. The van der Waals surface area contributed by atoms with Crippen LogP contribution in [0, 0.1) is 11.3 Å². The molecule has 0 radical (unpaired) electrons. The Morgan fingerprint density at radius 2 is 1.88 bits per heavy atom. The van der Waals surface area contributed by atoms with Gasteiger partial charge in [0.15, 0.2) is 0 Å². The quantitative estimate of drug-likeness (QED) is 0.289. The van der Waals surface area contributed by atoms with Gasteiger partial charge in [0, 0.05) is 24.5 Å². The van der Waals surface area contributed by atoms with Crippen molar-refractivity contribution in [2.45, 2.75) is 52.4 Å². The molecule has 1 aliphatic carbocycles. The topological polar surface area (TPSA) is 111 Å². The van der Waals surface area contributed by atoms with Crippen molar-refractivity contribution in [1.82, 2.24) is 15.7 Å². The van der Waals surface area contributed by atoms with Gasteiger partial charge in [-0.15, -0.1) is 0 Å². The lowest BCUT2D eigenvalue weighted by Crippen LogP contribution is -2.44. The number of rotatable bonds is 10. The number of hydrogen-bond donors (Lipinski definition) is 4. The van der Waals surface area contributed by atoms with E-state index in [0.717, 1.165) is 19.3 Å². The van der Waals surface area contributed by atoms with E-state index in [2.05, 4.69) is 10.6 Å². The van der Waals surface area contributed by atoms with Crippen molar-refractivity contribution in [3.05, 3.63) is 28.2 Å². The second kappa shape index (κ2) is 12.3. The van der Waals surface area contributed by atoms with Gasteiger partial charge in [-0.25, -0.2) is 10.3 Å². The molecule has 4 N–H and O–H groups in total. The number of carbonyl (C=O) groups is 3. The highest BCUT2D eigenvalue weighted by molar-refractivity contribution is 6.36.